The van der Waals surface area contributed by atoms with E-state index in [0.29, 0.717) is 13.2 Å². The molecule has 5 heteroatoms. The molecule has 0 fully saturated rings. The number of hydrogen-bond acceptors (Lipinski definition) is 4. The molecule has 0 radical (unpaired) electrons. The number of methoxy groups -OCH3 is 2. The van der Waals surface area contributed by atoms with Gasteiger partial charge in [0.05, 0.1) is 37.3 Å². The van der Waals surface area contributed by atoms with Gasteiger partial charge in [0.15, 0.2) is 0 Å². The van der Waals surface area contributed by atoms with E-state index in [4.69, 9.17) is 15.2 Å². The van der Waals surface area contributed by atoms with Crippen LogP contribution in [0.15, 0.2) is 42.9 Å². The van der Waals surface area contributed by atoms with Crippen LogP contribution in [0.25, 0.3) is 0 Å². The highest BCUT2D eigenvalue weighted by atomic mass is 16.5. The zero-order valence-electron chi connectivity index (χ0n) is 12.6. The molecular weight excluding hydrogens is 266 g/mol. The highest BCUT2D eigenvalue weighted by molar-refractivity contribution is 5.18. The van der Waals surface area contributed by atoms with Crippen molar-refractivity contribution in [1.29, 1.82) is 0 Å². The van der Waals surface area contributed by atoms with E-state index in [0.717, 1.165) is 12.1 Å². The summed E-state index contributed by atoms with van der Waals surface area (Å²) in [7, 11) is 3.35. The molecule has 2 atom stereocenters. The van der Waals surface area contributed by atoms with Crippen LogP contribution in [-0.4, -0.2) is 36.5 Å². The van der Waals surface area contributed by atoms with Crippen LogP contribution in [0.3, 0.4) is 0 Å². The Morgan fingerprint density at radius 3 is 2.67 bits per heavy atom. The van der Waals surface area contributed by atoms with Crippen molar-refractivity contribution in [3.63, 3.8) is 0 Å². The first-order valence-electron chi connectivity index (χ1n) is 7.05. The van der Waals surface area contributed by atoms with Crippen molar-refractivity contribution in [2.75, 3.05) is 20.8 Å². The summed E-state index contributed by atoms with van der Waals surface area (Å²) in [6, 6.07) is 10.1. The Morgan fingerprint density at radius 1 is 1.24 bits per heavy atom. The zero-order chi connectivity index (χ0) is 15.1. The molecule has 2 aromatic rings. The van der Waals surface area contributed by atoms with Gasteiger partial charge in [-0.25, -0.2) is 4.98 Å². The minimum Gasteiger partial charge on any atom is -0.382 e. The van der Waals surface area contributed by atoms with Gasteiger partial charge in [-0.15, -0.1) is 0 Å². The Labute approximate surface area is 125 Å². The van der Waals surface area contributed by atoms with Crippen LogP contribution in [0.5, 0.6) is 0 Å². The van der Waals surface area contributed by atoms with Gasteiger partial charge in [-0.05, 0) is 12.0 Å². The summed E-state index contributed by atoms with van der Waals surface area (Å²) in [6.07, 6.45) is 4.40. The normalized spacial score (nSPS) is 14.0. The Balaban J connectivity index is 2.05. The average Bonchev–Trinajstić information content (AvgIpc) is 2.96. The van der Waals surface area contributed by atoms with Crippen LogP contribution in [0.2, 0.25) is 0 Å². The summed E-state index contributed by atoms with van der Waals surface area (Å²) >= 11 is 0. The number of imidazole rings is 1. The van der Waals surface area contributed by atoms with Gasteiger partial charge in [-0.2, -0.15) is 0 Å². The van der Waals surface area contributed by atoms with E-state index in [9.17, 15) is 0 Å². The Kier molecular flexibility index (Phi) is 5.92. The highest BCUT2D eigenvalue weighted by Crippen LogP contribution is 2.16. The van der Waals surface area contributed by atoms with E-state index < -0.39 is 0 Å². The summed E-state index contributed by atoms with van der Waals surface area (Å²) in [6.45, 7) is 1.23. The first-order chi connectivity index (χ1) is 10.2. The summed E-state index contributed by atoms with van der Waals surface area (Å²) in [4.78, 5) is 4.22. The molecule has 21 heavy (non-hydrogen) atoms. The van der Waals surface area contributed by atoms with Gasteiger partial charge in [0, 0.05) is 20.4 Å². The number of nitrogens with two attached hydrogens (primary N) is 1. The third-order valence-corrected chi connectivity index (χ3v) is 3.51. The van der Waals surface area contributed by atoms with Crippen LogP contribution >= 0.6 is 0 Å². The second-order valence-corrected chi connectivity index (χ2v) is 5.08. The molecule has 0 saturated carbocycles. The lowest BCUT2D eigenvalue weighted by Crippen LogP contribution is -2.26. The van der Waals surface area contributed by atoms with Gasteiger partial charge < -0.3 is 19.8 Å². The molecule has 1 aromatic heterocycles. The first-order valence-corrected chi connectivity index (χ1v) is 7.05. The van der Waals surface area contributed by atoms with Crippen molar-refractivity contribution < 1.29 is 9.47 Å². The lowest BCUT2D eigenvalue weighted by Gasteiger charge is -2.19. The van der Waals surface area contributed by atoms with Gasteiger partial charge in [0.1, 0.15) is 0 Å². The minimum absolute atomic E-state index is 0.00752. The van der Waals surface area contributed by atoms with Crippen molar-refractivity contribution in [1.82, 2.24) is 9.55 Å². The predicted octanol–water partition coefficient (Wildman–Crippen LogP) is 1.79. The molecule has 0 aliphatic carbocycles. The van der Waals surface area contributed by atoms with Crippen molar-refractivity contribution in [2.45, 2.75) is 25.1 Å². The quantitative estimate of drug-likeness (QED) is 0.805. The molecule has 114 valence electrons. The second-order valence-electron chi connectivity index (χ2n) is 5.08. The van der Waals surface area contributed by atoms with Crippen molar-refractivity contribution >= 4 is 0 Å². The van der Waals surface area contributed by atoms with Crippen molar-refractivity contribution in [3.05, 3.63) is 54.1 Å². The molecule has 1 heterocycles. The molecule has 0 aliphatic rings. The van der Waals surface area contributed by atoms with Crippen molar-refractivity contribution in [3.8, 4) is 0 Å². The fourth-order valence-corrected chi connectivity index (χ4v) is 2.37. The largest absolute Gasteiger partial charge is 0.382 e. The molecule has 0 bridgehead atoms. The summed E-state index contributed by atoms with van der Waals surface area (Å²) in [5, 5.41) is 0. The molecule has 0 aliphatic heterocycles. The lowest BCUT2D eigenvalue weighted by molar-refractivity contribution is 0.0178. The monoisotopic (exact) mass is 289 g/mol. The van der Waals surface area contributed by atoms with Crippen LogP contribution < -0.4 is 5.73 Å². The lowest BCUT2D eigenvalue weighted by atomic mass is 10.0. The van der Waals surface area contributed by atoms with Gasteiger partial charge in [-0.1, -0.05) is 30.3 Å². The number of nitrogens with zero attached hydrogens (tertiary/aromatic N) is 2. The van der Waals surface area contributed by atoms with E-state index in [2.05, 4.69) is 17.1 Å². The number of aromatic nitrogens is 2. The first kappa shape index (κ1) is 15.7. The molecule has 2 N–H and O–H groups in total. The topological polar surface area (TPSA) is 62.3 Å². The Bertz CT molecular complexity index is 527. The smallest absolute Gasteiger partial charge is 0.0983 e. The van der Waals surface area contributed by atoms with E-state index in [1.165, 1.54) is 5.56 Å². The minimum atomic E-state index is -0.0880. The Morgan fingerprint density at radius 2 is 2.00 bits per heavy atom. The van der Waals surface area contributed by atoms with Crippen LogP contribution in [0, 0.1) is 0 Å². The maximum atomic E-state index is 6.33. The standard InChI is InChI=1S/C16H23N3O2/c1-20-11-14(21-2)10-19-12-18-9-16(19)15(17)8-13-6-4-3-5-7-13/h3-7,9,12,14-15H,8,10-11,17H2,1-2H3/t14?,15-/m1/s1. The number of hydrogen-bond donors (Lipinski definition) is 1. The number of benzene rings is 1. The van der Waals surface area contributed by atoms with Gasteiger partial charge in [0.25, 0.3) is 0 Å². The molecule has 0 spiro atoms. The molecule has 1 unspecified atom stereocenters. The third-order valence-electron chi connectivity index (χ3n) is 3.51. The average molecular weight is 289 g/mol. The number of rotatable bonds is 8. The van der Waals surface area contributed by atoms with Crippen molar-refractivity contribution in [2.24, 2.45) is 5.73 Å². The molecule has 2 rings (SSSR count). The zero-order valence-corrected chi connectivity index (χ0v) is 12.6. The highest BCUT2D eigenvalue weighted by Gasteiger charge is 2.15. The molecular formula is C16H23N3O2. The SMILES string of the molecule is COCC(Cn1cncc1[C@H](N)Cc1ccccc1)OC. The molecule has 5 nitrogen and oxygen atoms in total. The van der Waals surface area contributed by atoms with Gasteiger partial charge in [0.2, 0.25) is 0 Å². The van der Waals surface area contributed by atoms with E-state index in [1.807, 2.05) is 29.0 Å². The van der Waals surface area contributed by atoms with E-state index in [1.54, 1.807) is 20.5 Å². The Hall–Kier alpha value is -1.69. The van der Waals surface area contributed by atoms with Crippen LogP contribution in [0.4, 0.5) is 0 Å². The molecule has 1 aromatic carbocycles. The molecule has 0 saturated heterocycles. The number of ether oxygens (including phenoxy) is 2. The third kappa shape index (κ3) is 4.39. The van der Waals surface area contributed by atoms with Gasteiger partial charge >= 0.3 is 0 Å². The fourth-order valence-electron chi connectivity index (χ4n) is 2.37. The van der Waals surface area contributed by atoms with E-state index >= 15 is 0 Å². The fraction of sp³-hybridized carbons (Fsp3) is 0.438. The van der Waals surface area contributed by atoms with Gasteiger partial charge in [-0.3, -0.25) is 0 Å². The predicted molar refractivity (Wildman–Crippen MR) is 82.0 cm³/mol. The summed E-state index contributed by atoms with van der Waals surface area (Å²) in [5.41, 5.74) is 8.56. The molecule has 0 amide bonds. The van der Waals surface area contributed by atoms with E-state index in [-0.39, 0.29) is 12.1 Å². The maximum absolute atomic E-state index is 6.33. The van der Waals surface area contributed by atoms with Crippen LogP contribution in [-0.2, 0) is 22.4 Å². The maximum Gasteiger partial charge on any atom is 0.0983 e. The van der Waals surface area contributed by atoms with Crippen LogP contribution in [0.1, 0.15) is 17.3 Å². The second kappa shape index (κ2) is 7.93. The summed E-state index contributed by atoms with van der Waals surface area (Å²) in [5.74, 6) is 0. The summed E-state index contributed by atoms with van der Waals surface area (Å²) < 4.78 is 12.6.